The predicted octanol–water partition coefficient (Wildman–Crippen LogP) is 2.34. The molecule has 1 unspecified atom stereocenters. The van der Waals surface area contributed by atoms with E-state index in [2.05, 4.69) is 17.2 Å². The summed E-state index contributed by atoms with van der Waals surface area (Å²) in [6.07, 6.45) is 5.25. The van der Waals surface area contributed by atoms with Crippen LogP contribution in [-0.2, 0) is 24.4 Å². The van der Waals surface area contributed by atoms with Crippen molar-refractivity contribution in [2.75, 3.05) is 0 Å². The van der Waals surface area contributed by atoms with Crippen molar-refractivity contribution >= 4 is 11.8 Å². The Balaban J connectivity index is 1.66. The fourth-order valence-corrected chi connectivity index (χ4v) is 3.31. The van der Waals surface area contributed by atoms with Gasteiger partial charge in [0.25, 0.3) is 5.91 Å². The van der Waals surface area contributed by atoms with Gasteiger partial charge in [0.1, 0.15) is 11.9 Å². The van der Waals surface area contributed by atoms with Gasteiger partial charge in [-0.2, -0.15) is 0 Å². The highest BCUT2D eigenvalue weighted by atomic mass is 16.2. The normalized spacial score (nSPS) is 14.5. The van der Waals surface area contributed by atoms with Crippen LogP contribution in [0.2, 0.25) is 0 Å². The molecule has 0 aliphatic carbocycles. The zero-order valence-corrected chi connectivity index (χ0v) is 14.7. The molecule has 2 amide bonds. The SMILES string of the molecule is CCCn1ccnc1CNC(=O)C(CC)N1Cc2ccccc2C1=O. The number of imidazole rings is 1. The number of amides is 2. The summed E-state index contributed by atoms with van der Waals surface area (Å²) in [5.41, 5.74) is 1.68. The van der Waals surface area contributed by atoms with Crippen LogP contribution >= 0.6 is 0 Å². The summed E-state index contributed by atoms with van der Waals surface area (Å²) >= 11 is 0. The summed E-state index contributed by atoms with van der Waals surface area (Å²) in [4.78, 5) is 31.3. The Hall–Kier alpha value is -2.63. The number of rotatable bonds is 7. The second-order valence-corrected chi connectivity index (χ2v) is 6.27. The molecule has 0 bridgehead atoms. The van der Waals surface area contributed by atoms with E-state index in [0.29, 0.717) is 25.1 Å². The number of aryl methyl sites for hydroxylation is 1. The zero-order chi connectivity index (χ0) is 17.8. The summed E-state index contributed by atoms with van der Waals surface area (Å²) in [7, 11) is 0. The van der Waals surface area contributed by atoms with Gasteiger partial charge in [-0.1, -0.05) is 32.0 Å². The van der Waals surface area contributed by atoms with E-state index in [-0.39, 0.29) is 11.8 Å². The van der Waals surface area contributed by atoms with Gasteiger partial charge in [-0.3, -0.25) is 9.59 Å². The van der Waals surface area contributed by atoms with Crippen molar-refractivity contribution in [1.82, 2.24) is 19.8 Å². The summed E-state index contributed by atoms with van der Waals surface area (Å²) in [6, 6.07) is 7.08. The number of nitrogens with zero attached hydrogens (tertiary/aromatic N) is 3. The molecule has 0 saturated heterocycles. The van der Waals surface area contributed by atoms with Crippen molar-refractivity contribution in [2.24, 2.45) is 0 Å². The van der Waals surface area contributed by atoms with Crippen LogP contribution in [0.5, 0.6) is 0 Å². The molecule has 25 heavy (non-hydrogen) atoms. The van der Waals surface area contributed by atoms with E-state index in [9.17, 15) is 9.59 Å². The van der Waals surface area contributed by atoms with E-state index in [1.165, 1.54) is 0 Å². The maximum atomic E-state index is 12.7. The Labute approximate surface area is 147 Å². The van der Waals surface area contributed by atoms with E-state index in [0.717, 1.165) is 24.4 Å². The second kappa shape index (κ2) is 7.51. The molecule has 0 spiro atoms. The van der Waals surface area contributed by atoms with E-state index >= 15 is 0 Å². The first-order valence-corrected chi connectivity index (χ1v) is 8.82. The van der Waals surface area contributed by atoms with Crippen molar-refractivity contribution in [2.45, 2.75) is 52.4 Å². The third-order valence-corrected chi connectivity index (χ3v) is 4.60. The zero-order valence-electron chi connectivity index (χ0n) is 14.7. The van der Waals surface area contributed by atoms with E-state index < -0.39 is 6.04 Å². The smallest absolute Gasteiger partial charge is 0.255 e. The fraction of sp³-hybridized carbons (Fsp3) is 0.421. The molecule has 1 aromatic carbocycles. The van der Waals surface area contributed by atoms with Gasteiger partial charge in [-0.05, 0) is 24.5 Å². The Morgan fingerprint density at radius 1 is 1.32 bits per heavy atom. The maximum Gasteiger partial charge on any atom is 0.255 e. The lowest BCUT2D eigenvalue weighted by Crippen LogP contribution is -2.46. The van der Waals surface area contributed by atoms with Crippen LogP contribution < -0.4 is 5.32 Å². The first-order valence-electron chi connectivity index (χ1n) is 8.82. The Bertz CT molecular complexity index is 768. The van der Waals surface area contributed by atoms with Crippen LogP contribution in [0.25, 0.3) is 0 Å². The van der Waals surface area contributed by atoms with Gasteiger partial charge < -0.3 is 14.8 Å². The third-order valence-electron chi connectivity index (χ3n) is 4.60. The molecule has 1 aliphatic rings. The molecule has 132 valence electrons. The highest BCUT2D eigenvalue weighted by Gasteiger charge is 2.35. The predicted molar refractivity (Wildman–Crippen MR) is 94.8 cm³/mol. The Morgan fingerprint density at radius 3 is 2.84 bits per heavy atom. The molecule has 1 N–H and O–H groups in total. The van der Waals surface area contributed by atoms with Crippen molar-refractivity contribution in [3.8, 4) is 0 Å². The minimum Gasteiger partial charge on any atom is -0.347 e. The maximum absolute atomic E-state index is 12.7. The molecule has 0 fully saturated rings. The van der Waals surface area contributed by atoms with Crippen LogP contribution in [0, 0.1) is 0 Å². The quantitative estimate of drug-likeness (QED) is 0.841. The summed E-state index contributed by atoms with van der Waals surface area (Å²) in [5, 5.41) is 2.94. The monoisotopic (exact) mass is 340 g/mol. The molecule has 6 nitrogen and oxygen atoms in total. The van der Waals surface area contributed by atoms with Gasteiger partial charge in [0.2, 0.25) is 5.91 Å². The Morgan fingerprint density at radius 2 is 2.12 bits per heavy atom. The standard InChI is InChI=1S/C19H24N4O2/c1-3-10-22-11-9-20-17(22)12-21-18(24)16(4-2)23-13-14-7-5-6-8-15(14)19(23)25/h5-9,11,16H,3-4,10,12-13H2,1-2H3,(H,21,24). The summed E-state index contributed by atoms with van der Waals surface area (Å²) in [5.74, 6) is 0.640. The number of carbonyl (C=O) groups is 2. The molecule has 1 atom stereocenters. The van der Waals surface area contributed by atoms with Crippen LogP contribution in [0.4, 0.5) is 0 Å². The minimum absolute atomic E-state index is 0.0647. The average Bonchev–Trinajstić information content (AvgIpc) is 3.19. The molecule has 3 rings (SSSR count). The summed E-state index contributed by atoms with van der Waals surface area (Å²) < 4.78 is 2.04. The largest absolute Gasteiger partial charge is 0.347 e. The average molecular weight is 340 g/mol. The molecule has 1 aromatic heterocycles. The Kier molecular flexibility index (Phi) is 5.16. The minimum atomic E-state index is -0.463. The van der Waals surface area contributed by atoms with Crippen molar-refractivity contribution < 1.29 is 9.59 Å². The second-order valence-electron chi connectivity index (χ2n) is 6.27. The molecule has 0 saturated carbocycles. The molecule has 2 heterocycles. The van der Waals surface area contributed by atoms with Crippen molar-refractivity contribution in [3.63, 3.8) is 0 Å². The highest BCUT2D eigenvalue weighted by Crippen LogP contribution is 2.25. The van der Waals surface area contributed by atoms with Gasteiger partial charge in [-0.15, -0.1) is 0 Å². The van der Waals surface area contributed by atoms with Crippen molar-refractivity contribution in [1.29, 1.82) is 0 Å². The first-order chi connectivity index (χ1) is 12.2. The molecule has 1 aliphatic heterocycles. The molecule has 6 heteroatoms. The summed E-state index contributed by atoms with van der Waals surface area (Å²) in [6.45, 7) is 5.77. The van der Waals surface area contributed by atoms with Crippen LogP contribution in [-0.4, -0.2) is 32.3 Å². The van der Waals surface area contributed by atoms with Gasteiger partial charge in [0.05, 0.1) is 6.54 Å². The van der Waals surface area contributed by atoms with E-state index in [1.54, 1.807) is 11.1 Å². The molecule has 2 aromatic rings. The van der Waals surface area contributed by atoms with Crippen molar-refractivity contribution in [3.05, 3.63) is 53.6 Å². The lowest BCUT2D eigenvalue weighted by molar-refractivity contribution is -0.126. The number of benzene rings is 1. The first kappa shape index (κ1) is 17.2. The molecular weight excluding hydrogens is 316 g/mol. The topological polar surface area (TPSA) is 67.2 Å². The van der Waals surface area contributed by atoms with Gasteiger partial charge >= 0.3 is 0 Å². The molecular formula is C19H24N4O2. The third kappa shape index (κ3) is 3.43. The number of carbonyl (C=O) groups excluding carboxylic acids is 2. The number of hydrogen-bond acceptors (Lipinski definition) is 3. The van der Waals surface area contributed by atoms with Gasteiger partial charge in [-0.25, -0.2) is 4.98 Å². The van der Waals surface area contributed by atoms with Crippen LogP contribution in [0.1, 0.15) is 48.4 Å². The molecule has 0 radical (unpaired) electrons. The number of aromatic nitrogens is 2. The lowest BCUT2D eigenvalue weighted by atomic mass is 10.1. The van der Waals surface area contributed by atoms with Crippen LogP contribution in [0.3, 0.4) is 0 Å². The number of nitrogens with one attached hydrogen (secondary N) is 1. The lowest BCUT2D eigenvalue weighted by Gasteiger charge is -2.25. The van der Waals surface area contributed by atoms with Gasteiger partial charge in [0.15, 0.2) is 0 Å². The number of hydrogen-bond donors (Lipinski definition) is 1. The number of fused-ring (bicyclic) bond motifs is 1. The van der Waals surface area contributed by atoms with Gasteiger partial charge in [0, 0.05) is 31.0 Å². The highest BCUT2D eigenvalue weighted by molar-refractivity contribution is 6.01. The van der Waals surface area contributed by atoms with E-state index in [4.69, 9.17) is 0 Å². The fourth-order valence-electron chi connectivity index (χ4n) is 3.31. The van der Waals surface area contributed by atoms with Crippen LogP contribution in [0.15, 0.2) is 36.7 Å². The van der Waals surface area contributed by atoms with E-state index in [1.807, 2.05) is 42.0 Å².